The van der Waals surface area contributed by atoms with Gasteiger partial charge in [-0.25, -0.2) is 0 Å². The van der Waals surface area contributed by atoms with Crippen LogP contribution in [0.2, 0.25) is 0 Å². The molecule has 4 nitrogen and oxygen atoms in total. The molecule has 5 aliphatic carbocycles. The highest BCUT2D eigenvalue weighted by Crippen LogP contribution is 2.78. The minimum absolute atomic E-state index is 0.00489. The van der Waals surface area contributed by atoms with Crippen LogP contribution in [0.25, 0.3) is 0 Å². The summed E-state index contributed by atoms with van der Waals surface area (Å²) in [4.78, 5) is 11.9. The van der Waals surface area contributed by atoms with Gasteiger partial charge in [0.2, 0.25) is 0 Å². The number of hydrogen-bond donors (Lipinski definition) is 2. The van der Waals surface area contributed by atoms with Crippen LogP contribution in [0.15, 0.2) is 67.1 Å². The quantitative estimate of drug-likeness (QED) is 0.121. The number of carbonyl (C=O) groups is 1. The van der Waals surface area contributed by atoms with Crippen LogP contribution < -0.4 is 5.32 Å². The van der Waals surface area contributed by atoms with Crippen LogP contribution in [-0.4, -0.2) is 23.7 Å². The van der Waals surface area contributed by atoms with E-state index in [9.17, 15) is 9.90 Å². The van der Waals surface area contributed by atoms with Gasteiger partial charge in [0.15, 0.2) is 0 Å². The minimum atomic E-state index is -0.878. The number of ether oxygens (including phenoxy) is 1. The van der Waals surface area contributed by atoms with Crippen molar-refractivity contribution in [2.24, 2.45) is 62.1 Å². The van der Waals surface area contributed by atoms with Gasteiger partial charge in [0, 0.05) is 24.1 Å². The summed E-state index contributed by atoms with van der Waals surface area (Å²) in [5.74, 6) is 3.14. The Morgan fingerprint density at radius 1 is 0.885 bits per heavy atom. The molecule has 0 spiro atoms. The molecule has 0 aliphatic heterocycles. The van der Waals surface area contributed by atoms with Crippen molar-refractivity contribution in [1.29, 1.82) is 0 Å². The monoisotopic (exact) mass is 712 g/mol. The van der Waals surface area contributed by atoms with E-state index in [0.717, 1.165) is 38.1 Å². The Bertz CT molecular complexity index is 1520. The molecule has 5 saturated carbocycles. The lowest BCUT2D eigenvalue weighted by molar-refractivity contribution is -0.249. The van der Waals surface area contributed by atoms with Crippen LogP contribution in [-0.2, 0) is 16.0 Å². The van der Waals surface area contributed by atoms with Gasteiger partial charge in [0.1, 0.15) is 6.10 Å². The van der Waals surface area contributed by atoms with Crippen molar-refractivity contribution in [2.45, 2.75) is 151 Å². The summed E-state index contributed by atoms with van der Waals surface area (Å²) in [6.45, 7) is 33.4. The van der Waals surface area contributed by atoms with Gasteiger partial charge in [-0.2, -0.15) is 0 Å². The van der Waals surface area contributed by atoms with Gasteiger partial charge in [-0.05, 0) is 161 Å². The normalized spacial score (nSPS) is 39.2. The zero-order valence-corrected chi connectivity index (χ0v) is 34.3. The molecular weight excluding hydrogens is 639 g/mol. The van der Waals surface area contributed by atoms with Crippen LogP contribution in [0.5, 0.6) is 0 Å². The molecule has 0 saturated heterocycles. The molecular formula is C48H73NO3. The molecule has 10 atom stereocenters. The summed E-state index contributed by atoms with van der Waals surface area (Å²) >= 11 is 0. The number of aliphatic carboxylic acids is 1. The number of carboxylic acid groups (broad SMARTS) is 1. The fourth-order valence-corrected chi connectivity index (χ4v) is 14.3. The summed E-state index contributed by atoms with van der Waals surface area (Å²) in [5.41, 5.74) is 4.42. The molecule has 0 bridgehead atoms. The van der Waals surface area contributed by atoms with Gasteiger partial charge in [0.05, 0.1) is 11.2 Å². The van der Waals surface area contributed by atoms with Crippen molar-refractivity contribution in [3.05, 3.63) is 72.7 Å². The topological polar surface area (TPSA) is 58.6 Å². The lowest BCUT2D eigenvalue weighted by Gasteiger charge is -2.73. The van der Waals surface area contributed by atoms with Crippen molar-refractivity contribution < 1.29 is 14.6 Å². The molecule has 2 N–H and O–H groups in total. The average molecular weight is 712 g/mol. The molecule has 1 aromatic rings. The summed E-state index contributed by atoms with van der Waals surface area (Å²) in [6, 6.07) is 10.9. The van der Waals surface area contributed by atoms with E-state index in [-0.39, 0.29) is 16.9 Å². The highest BCUT2D eigenvalue weighted by atomic mass is 16.5. The first-order chi connectivity index (χ1) is 24.3. The smallest absolute Gasteiger partial charge is 0.309 e. The van der Waals surface area contributed by atoms with Gasteiger partial charge >= 0.3 is 5.97 Å². The van der Waals surface area contributed by atoms with E-state index >= 15 is 0 Å². The van der Waals surface area contributed by atoms with E-state index < -0.39 is 11.4 Å². The molecule has 52 heavy (non-hydrogen) atoms. The van der Waals surface area contributed by atoms with Gasteiger partial charge in [-0.1, -0.05) is 90.3 Å². The molecule has 5 aliphatic rings. The van der Waals surface area contributed by atoms with Crippen LogP contribution in [0.3, 0.4) is 0 Å². The van der Waals surface area contributed by atoms with E-state index in [0.29, 0.717) is 52.1 Å². The first kappa shape index (κ1) is 39.2. The molecule has 0 radical (unpaired) electrons. The number of carboxylic acids is 1. The van der Waals surface area contributed by atoms with Gasteiger partial charge in [0.25, 0.3) is 0 Å². The average Bonchev–Trinajstić information content (AvgIpc) is 3.44. The molecule has 1 aromatic carbocycles. The number of nitrogens with one attached hydrogen (secondary N) is 1. The van der Waals surface area contributed by atoms with Gasteiger partial charge < -0.3 is 15.2 Å². The van der Waals surface area contributed by atoms with Gasteiger partial charge in [-0.15, -0.1) is 0 Å². The number of aryl methyl sites for hydroxylation is 1. The first-order valence-electron chi connectivity index (χ1n) is 21.0. The molecule has 0 aromatic heterocycles. The Balaban J connectivity index is 1.18. The van der Waals surface area contributed by atoms with E-state index in [1.54, 1.807) is 13.8 Å². The fraction of sp³-hybridized carbons (Fsp3) is 0.729. The number of allylic oxidation sites excluding steroid dienone is 3. The maximum Gasteiger partial charge on any atom is 0.309 e. The Labute approximate surface area is 317 Å². The SMILES string of the molecule is C=C(C[C@]12CC[C@@H](C(=C)C)[C@@H]1[C@H]1CC[C@@H]3[C@@]4(C)CC[C@H](OC(=C)CC(C)(C)C(=O)O)C(C)(C)[C@@H]4CC[C@@]3(C)[C@]1(C)CC2)NCCCc1ccccc1. The van der Waals surface area contributed by atoms with Crippen LogP contribution in [0.1, 0.15) is 144 Å². The van der Waals surface area contributed by atoms with Gasteiger partial charge in [-0.3, -0.25) is 4.79 Å². The zero-order valence-electron chi connectivity index (χ0n) is 34.3. The number of fused-ring (bicyclic) bond motifs is 7. The Hall–Kier alpha value is -2.49. The Morgan fingerprint density at radius 2 is 1.60 bits per heavy atom. The second kappa shape index (κ2) is 14.0. The third kappa shape index (κ3) is 6.52. The van der Waals surface area contributed by atoms with E-state index in [2.05, 4.69) is 96.9 Å². The predicted octanol–water partition coefficient (Wildman–Crippen LogP) is 12.2. The summed E-state index contributed by atoms with van der Waals surface area (Å²) in [7, 11) is 0. The number of benzene rings is 1. The van der Waals surface area contributed by atoms with E-state index in [1.807, 2.05) is 0 Å². The van der Waals surface area contributed by atoms with Crippen molar-refractivity contribution in [3.63, 3.8) is 0 Å². The molecule has 4 heteroatoms. The maximum atomic E-state index is 11.9. The van der Waals surface area contributed by atoms with Crippen LogP contribution in [0, 0.1) is 62.1 Å². The van der Waals surface area contributed by atoms with Crippen LogP contribution >= 0.6 is 0 Å². The largest absolute Gasteiger partial charge is 0.495 e. The van der Waals surface area contributed by atoms with Crippen molar-refractivity contribution in [3.8, 4) is 0 Å². The first-order valence-corrected chi connectivity index (χ1v) is 21.0. The standard InChI is InChI=1S/C48H73NO3/c1-32(2)36-21-26-48(30-33(3)49-29-15-18-35-16-13-12-14-17-35)28-27-46(10)37(41(36)48)19-20-39-45(9)24-23-40(52-34(4)31-43(5,6)42(50)51)44(7,8)38(45)22-25-47(39,46)11/h12-14,16-17,36-41,49H,1,3-4,15,18-31H2,2,5-11H3,(H,50,51)/t36-,37+,38-,39+,40-,41+,45-,46+,47+,48+/m0/s1. The fourth-order valence-electron chi connectivity index (χ4n) is 14.3. The highest BCUT2D eigenvalue weighted by Gasteiger charge is 2.71. The Morgan fingerprint density at radius 3 is 2.27 bits per heavy atom. The number of rotatable bonds is 13. The second-order valence-electron chi connectivity index (χ2n) is 20.7. The number of hydrogen-bond acceptors (Lipinski definition) is 3. The molecule has 0 unspecified atom stereocenters. The second-order valence-corrected chi connectivity index (χ2v) is 20.7. The van der Waals surface area contributed by atoms with E-state index in [4.69, 9.17) is 4.74 Å². The lowest BCUT2D eigenvalue weighted by atomic mass is 9.32. The summed E-state index contributed by atoms with van der Waals surface area (Å²) in [6.07, 6.45) is 16.4. The van der Waals surface area contributed by atoms with Crippen molar-refractivity contribution in [1.82, 2.24) is 5.32 Å². The van der Waals surface area contributed by atoms with Crippen molar-refractivity contribution >= 4 is 5.97 Å². The lowest BCUT2D eigenvalue weighted by Crippen LogP contribution is -2.66. The highest BCUT2D eigenvalue weighted by molar-refractivity contribution is 5.73. The Kier molecular flexibility index (Phi) is 10.5. The zero-order chi connectivity index (χ0) is 37.9. The van der Waals surface area contributed by atoms with Crippen LogP contribution in [0.4, 0.5) is 0 Å². The molecule has 288 valence electrons. The predicted molar refractivity (Wildman–Crippen MR) is 216 cm³/mol. The molecule has 0 amide bonds. The maximum absolute atomic E-state index is 11.9. The molecule has 5 fully saturated rings. The summed E-state index contributed by atoms with van der Waals surface area (Å²) in [5, 5.41) is 13.5. The molecule has 6 rings (SSSR count). The molecule has 0 heterocycles. The van der Waals surface area contributed by atoms with E-state index in [1.165, 1.54) is 74.6 Å². The minimum Gasteiger partial charge on any atom is -0.495 e. The van der Waals surface area contributed by atoms with Crippen molar-refractivity contribution in [2.75, 3.05) is 6.54 Å². The third-order valence-electron chi connectivity index (χ3n) is 17.1. The third-order valence-corrected chi connectivity index (χ3v) is 17.1. The summed E-state index contributed by atoms with van der Waals surface area (Å²) < 4.78 is 6.65.